The Hall–Kier alpha value is -1.07. The topological polar surface area (TPSA) is 61.4 Å². The third-order valence-corrected chi connectivity index (χ3v) is 3.33. The SMILES string of the molecule is CC(O)(CNC(=O)NC1CC1)c1ccsc1. The van der Waals surface area contributed by atoms with Crippen LogP contribution in [0.4, 0.5) is 4.79 Å². The zero-order valence-corrected chi connectivity index (χ0v) is 10.0. The first kappa shape index (κ1) is 11.4. The Bertz CT molecular complexity index is 358. The first-order valence-electron chi connectivity index (χ1n) is 5.37. The summed E-state index contributed by atoms with van der Waals surface area (Å²) in [6.45, 7) is 1.93. The fourth-order valence-electron chi connectivity index (χ4n) is 1.39. The largest absolute Gasteiger partial charge is 0.384 e. The van der Waals surface area contributed by atoms with Gasteiger partial charge >= 0.3 is 6.03 Å². The van der Waals surface area contributed by atoms with E-state index in [1.54, 1.807) is 6.92 Å². The Labute approximate surface area is 98.7 Å². The van der Waals surface area contributed by atoms with E-state index in [-0.39, 0.29) is 12.6 Å². The van der Waals surface area contributed by atoms with Gasteiger partial charge in [-0.15, -0.1) is 0 Å². The van der Waals surface area contributed by atoms with Gasteiger partial charge in [0.25, 0.3) is 0 Å². The van der Waals surface area contributed by atoms with Gasteiger partial charge in [-0.2, -0.15) is 11.3 Å². The molecule has 3 N–H and O–H groups in total. The monoisotopic (exact) mass is 240 g/mol. The second-order valence-electron chi connectivity index (χ2n) is 4.39. The molecule has 88 valence electrons. The van der Waals surface area contributed by atoms with Crippen LogP contribution >= 0.6 is 11.3 Å². The molecule has 0 bridgehead atoms. The molecule has 0 saturated heterocycles. The maximum absolute atomic E-state index is 11.4. The van der Waals surface area contributed by atoms with E-state index >= 15 is 0 Å². The van der Waals surface area contributed by atoms with Crippen LogP contribution in [-0.4, -0.2) is 23.7 Å². The lowest BCUT2D eigenvalue weighted by Gasteiger charge is -2.22. The summed E-state index contributed by atoms with van der Waals surface area (Å²) in [6, 6.07) is 2.01. The van der Waals surface area contributed by atoms with Crippen LogP contribution < -0.4 is 10.6 Å². The summed E-state index contributed by atoms with van der Waals surface area (Å²) < 4.78 is 0. The van der Waals surface area contributed by atoms with Crippen LogP contribution in [0.2, 0.25) is 0 Å². The summed E-state index contributed by atoms with van der Waals surface area (Å²) in [6.07, 6.45) is 2.13. The minimum Gasteiger partial charge on any atom is -0.384 e. The predicted molar refractivity (Wildman–Crippen MR) is 63.4 cm³/mol. The quantitative estimate of drug-likeness (QED) is 0.745. The predicted octanol–water partition coefficient (Wildman–Crippen LogP) is 1.42. The van der Waals surface area contributed by atoms with Gasteiger partial charge in [-0.25, -0.2) is 4.79 Å². The van der Waals surface area contributed by atoms with Crippen LogP contribution in [-0.2, 0) is 5.60 Å². The number of thiophene rings is 1. The maximum atomic E-state index is 11.4. The summed E-state index contributed by atoms with van der Waals surface area (Å²) in [7, 11) is 0. The fourth-order valence-corrected chi connectivity index (χ4v) is 2.17. The Morgan fingerprint density at radius 2 is 2.44 bits per heavy atom. The molecule has 0 radical (unpaired) electrons. The molecule has 0 aromatic carbocycles. The maximum Gasteiger partial charge on any atom is 0.315 e. The molecule has 16 heavy (non-hydrogen) atoms. The van der Waals surface area contributed by atoms with E-state index < -0.39 is 5.60 Å². The van der Waals surface area contributed by atoms with Gasteiger partial charge in [0.1, 0.15) is 5.60 Å². The lowest BCUT2D eigenvalue weighted by Crippen LogP contribution is -2.43. The van der Waals surface area contributed by atoms with Gasteiger partial charge in [0.2, 0.25) is 0 Å². The van der Waals surface area contributed by atoms with Crippen LogP contribution in [0.5, 0.6) is 0 Å². The number of rotatable bonds is 4. The molecule has 1 fully saturated rings. The molecule has 1 aromatic rings. The van der Waals surface area contributed by atoms with E-state index in [2.05, 4.69) is 10.6 Å². The van der Waals surface area contributed by atoms with Crippen LogP contribution in [0, 0.1) is 0 Å². The van der Waals surface area contributed by atoms with Gasteiger partial charge in [0, 0.05) is 6.04 Å². The second kappa shape index (κ2) is 4.43. The normalized spacial score (nSPS) is 18.9. The van der Waals surface area contributed by atoms with Crippen molar-refractivity contribution in [3.05, 3.63) is 22.4 Å². The van der Waals surface area contributed by atoms with Crippen molar-refractivity contribution in [2.45, 2.75) is 31.4 Å². The smallest absolute Gasteiger partial charge is 0.315 e. The van der Waals surface area contributed by atoms with Crippen molar-refractivity contribution < 1.29 is 9.90 Å². The molecule has 1 aliphatic rings. The van der Waals surface area contributed by atoms with E-state index in [4.69, 9.17) is 0 Å². The third kappa shape index (κ3) is 2.96. The molecule has 1 heterocycles. The molecular weight excluding hydrogens is 224 g/mol. The number of urea groups is 1. The minimum atomic E-state index is -0.999. The second-order valence-corrected chi connectivity index (χ2v) is 5.17. The molecule has 4 nitrogen and oxygen atoms in total. The molecule has 2 rings (SSSR count). The fraction of sp³-hybridized carbons (Fsp3) is 0.545. The van der Waals surface area contributed by atoms with Crippen molar-refractivity contribution in [2.75, 3.05) is 6.54 Å². The van der Waals surface area contributed by atoms with Crippen molar-refractivity contribution in [3.63, 3.8) is 0 Å². The van der Waals surface area contributed by atoms with E-state index in [9.17, 15) is 9.90 Å². The lowest BCUT2D eigenvalue weighted by atomic mass is 9.99. The van der Waals surface area contributed by atoms with Gasteiger partial charge in [-0.1, -0.05) is 0 Å². The van der Waals surface area contributed by atoms with Crippen molar-refractivity contribution in [1.82, 2.24) is 10.6 Å². The molecule has 2 amide bonds. The average molecular weight is 240 g/mol. The lowest BCUT2D eigenvalue weighted by molar-refractivity contribution is 0.0598. The molecule has 5 heteroatoms. The molecule has 1 aliphatic carbocycles. The highest BCUT2D eigenvalue weighted by Gasteiger charge is 2.26. The highest BCUT2D eigenvalue weighted by molar-refractivity contribution is 7.08. The Kier molecular flexibility index (Phi) is 3.16. The number of carbonyl (C=O) groups is 1. The third-order valence-electron chi connectivity index (χ3n) is 2.65. The Morgan fingerprint density at radius 3 is 3.00 bits per heavy atom. The highest BCUT2D eigenvalue weighted by Crippen LogP contribution is 2.22. The van der Waals surface area contributed by atoms with Gasteiger partial charge in [0.15, 0.2) is 0 Å². The zero-order valence-electron chi connectivity index (χ0n) is 9.19. The van der Waals surface area contributed by atoms with E-state index in [0.717, 1.165) is 18.4 Å². The van der Waals surface area contributed by atoms with Gasteiger partial charge in [-0.3, -0.25) is 0 Å². The van der Waals surface area contributed by atoms with Gasteiger partial charge in [0.05, 0.1) is 6.54 Å². The van der Waals surface area contributed by atoms with Crippen molar-refractivity contribution in [2.24, 2.45) is 0 Å². The Morgan fingerprint density at radius 1 is 1.69 bits per heavy atom. The van der Waals surface area contributed by atoms with Gasteiger partial charge < -0.3 is 15.7 Å². The van der Waals surface area contributed by atoms with Crippen molar-refractivity contribution in [3.8, 4) is 0 Å². The van der Waals surface area contributed by atoms with Crippen LogP contribution in [0.15, 0.2) is 16.8 Å². The molecule has 1 aromatic heterocycles. The number of amides is 2. The molecular formula is C11H16N2O2S. The Balaban J connectivity index is 1.81. The molecule has 1 saturated carbocycles. The summed E-state index contributed by atoms with van der Waals surface area (Å²) in [5.74, 6) is 0. The van der Waals surface area contributed by atoms with Crippen LogP contribution in [0.3, 0.4) is 0 Å². The van der Waals surface area contributed by atoms with E-state index in [1.807, 2.05) is 16.8 Å². The summed E-state index contributed by atoms with van der Waals surface area (Å²) in [5.41, 5.74) is -0.162. The number of aliphatic hydroxyl groups is 1. The summed E-state index contributed by atoms with van der Waals surface area (Å²) in [5, 5.41) is 19.4. The number of hydrogen-bond donors (Lipinski definition) is 3. The molecule has 1 unspecified atom stereocenters. The highest BCUT2D eigenvalue weighted by atomic mass is 32.1. The van der Waals surface area contributed by atoms with E-state index in [0.29, 0.717) is 6.04 Å². The summed E-state index contributed by atoms with van der Waals surface area (Å²) in [4.78, 5) is 11.4. The summed E-state index contributed by atoms with van der Waals surface area (Å²) >= 11 is 1.53. The molecule has 1 atom stereocenters. The number of nitrogens with one attached hydrogen (secondary N) is 2. The molecule has 0 aliphatic heterocycles. The molecule has 0 spiro atoms. The van der Waals surface area contributed by atoms with Gasteiger partial charge in [-0.05, 0) is 42.2 Å². The number of carbonyl (C=O) groups excluding carboxylic acids is 1. The standard InChI is InChI=1S/C11H16N2O2S/c1-11(15,8-4-5-16-6-8)7-12-10(14)13-9-2-3-9/h4-6,9,15H,2-3,7H2,1H3,(H2,12,13,14). The van der Waals surface area contributed by atoms with E-state index in [1.165, 1.54) is 11.3 Å². The minimum absolute atomic E-state index is 0.196. The van der Waals surface area contributed by atoms with Crippen LogP contribution in [0.1, 0.15) is 25.3 Å². The first-order chi connectivity index (χ1) is 7.58. The first-order valence-corrected chi connectivity index (χ1v) is 6.31. The number of hydrogen-bond acceptors (Lipinski definition) is 3. The van der Waals surface area contributed by atoms with Crippen molar-refractivity contribution >= 4 is 17.4 Å². The van der Waals surface area contributed by atoms with Crippen LogP contribution in [0.25, 0.3) is 0 Å². The van der Waals surface area contributed by atoms with Crippen molar-refractivity contribution in [1.29, 1.82) is 0 Å². The average Bonchev–Trinajstić information content (AvgIpc) is 2.86. The zero-order chi connectivity index (χ0) is 11.6.